The lowest BCUT2D eigenvalue weighted by atomic mass is 10.1. The highest BCUT2D eigenvalue weighted by molar-refractivity contribution is 6.02. The third-order valence-corrected chi connectivity index (χ3v) is 4.31. The second-order valence-electron chi connectivity index (χ2n) is 6.27. The van der Waals surface area contributed by atoms with Crippen molar-refractivity contribution in [2.45, 2.75) is 0 Å². The van der Waals surface area contributed by atoms with Gasteiger partial charge in [-0.25, -0.2) is 4.99 Å². The lowest BCUT2D eigenvalue weighted by Crippen LogP contribution is -2.07. The van der Waals surface area contributed by atoms with E-state index in [0.717, 1.165) is 27.8 Å². The molecule has 26 heavy (non-hydrogen) atoms. The maximum Gasteiger partial charge on any atom is 0.198 e. The Kier molecular flexibility index (Phi) is 3.93. The van der Waals surface area contributed by atoms with Crippen LogP contribution in [-0.4, -0.2) is 40.6 Å². The maximum atomic E-state index is 10.1. The van der Waals surface area contributed by atoms with Crippen LogP contribution in [0.15, 0.2) is 59.6 Å². The van der Waals surface area contributed by atoms with E-state index < -0.39 is 0 Å². The first-order valence-electron chi connectivity index (χ1n) is 8.29. The summed E-state index contributed by atoms with van der Waals surface area (Å²) < 4.78 is 0. The maximum absolute atomic E-state index is 10.1. The van der Waals surface area contributed by atoms with E-state index in [1.165, 1.54) is 0 Å². The number of benzene rings is 2. The van der Waals surface area contributed by atoms with Gasteiger partial charge >= 0.3 is 0 Å². The van der Waals surface area contributed by atoms with Crippen molar-refractivity contribution in [1.29, 1.82) is 0 Å². The Morgan fingerprint density at radius 2 is 1.85 bits per heavy atom. The Morgan fingerprint density at radius 1 is 1.08 bits per heavy atom. The summed E-state index contributed by atoms with van der Waals surface area (Å²) in [6.07, 6.45) is 1.63. The van der Waals surface area contributed by atoms with E-state index in [0.29, 0.717) is 11.4 Å². The van der Waals surface area contributed by atoms with Crippen molar-refractivity contribution in [2.75, 3.05) is 19.0 Å². The fraction of sp³-hybridized carbons (Fsp3) is 0.100. The van der Waals surface area contributed by atoms with E-state index in [4.69, 9.17) is 0 Å². The molecule has 0 fully saturated rings. The van der Waals surface area contributed by atoms with E-state index in [1.807, 2.05) is 56.6 Å². The molecule has 0 saturated heterocycles. The number of aromatic amines is 2. The molecule has 0 aliphatic heterocycles. The molecule has 0 unspecified atom stereocenters. The minimum absolute atomic E-state index is 0.102. The first-order chi connectivity index (χ1) is 12.6. The first-order valence-corrected chi connectivity index (χ1v) is 8.29. The Bertz CT molecular complexity index is 1070. The molecule has 0 spiro atoms. The summed E-state index contributed by atoms with van der Waals surface area (Å²) in [6.45, 7) is 0. The smallest absolute Gasteiger partial charge is 0.198 e. The lowest BCUT2D eigenvalue weighted by molar-refractivity contribution is 0.457. The van der Waals surface area contributed by atoms with Crippen molar-refractivity contribution in [3.8, 4) is 17.1 Å². The van der Waals surface area contributed by atoms with E-state index in [2.05, 4.69) is 37.2 Å². The molecule has 0 amide bonds. The van der Waals surface area contributed by atoms with Gasteiger partial charge < -0.3 is 15.0 Å². The van der Waals surface area contributed by atoms with Crippen LogP contribution in [0.25, 0.3) is 22.2 Å². The lowest BCUT2D eigenvalue weighted by Gasteiger charge is -2.12. The Hall–Kier alpha value is -3.54. The topological polar surface area (TPSA) is 80.3 Å². The van der Waals surface area contributed by atoms with E-state index in [1.54, 1.807) is 6.21 Å². The van der Waals surface area contributed by atoms with Gasteiger partial charge in [-0.15, -0.1) is 0 Å². The van der Waals surface area contributed by atoms with Gasteiger partial charge in [0.2, 0.25) is 0 Å². The van der Waals surface area contributed by atoms with Crippen molar-refractivity contribution < 1.29 is 5.11 Å². The van der Waals surface area contributed by atoms with Crippen LogP contribution in [0.4, 0.5) is 11.5 Å². The normalized spacial score (nSPS) is 11.5. The van der Waals surface area contributed by atoms with E-state index in [-0.39, 0.29) is 5.88 Å². The highest BCUT2D eigenvalue weighted by atomic mass is 16.3. The monoisotopic (exact) mass is 345 g/mol. The quantitative estimate of drug-likeness (QED) is 0.488. The van der Waals surface area contributed by atoms with Gasteiger partial charge in [0.15, 0.2) is 11.7 Å². The zero-order valence-corrected chi connectivity index (χ0v) is 14.6. The molecule has 3 N–H and O–H groups in total. The molecule has 130 valence electrons. The second-order valence-corrected chi connectivity index (χ2v) is 6.27. The minimum atomic E-state index is 0.102. The van der Waals surface area contributed by atoms with Crippen LogP contribution in [0, 0.1) is 0 Å². The van der Waals surface area contributed by atoms with Crippen molar-refractivity contribution >= 4 is 28.6 Å². The molecule has 2 aromatic heterocycles. The number of nitrogens with one attached hydrogen (secondary N) is 2. The fourth-order valence-corrected chi connectivity index (χ4v) is 2.88. The van der Waals surface area contributed by atoms with Crippen LogP contribution in [-0.2, 0) is 0 Å². The molecule has 0 aliphatic carbocycles. The summed E-state index contributed by atoms with van der Waals surface area (Å²) in [7, 11) is 4.02. The fourth-order valence-electron chi connectivity index (χ4n) is 2.88. The van der Waals surface area contributed by atoms with Crippen molar-refractivity contribution in [3.63, 3.8) is 0 Å². The van der Waals surface area contributed by atoms with Gasteiger partial charge in [-0.3, -0.25) is 5.10 Å². The number of nitrogens with zero attached hydrogens (tertiary/aromatic N) is 3. The summed E-state index contributed by atoms with van der Waals surface area (Å²) >= 11 is 0. The summed E-state index contributed by atoms with van der Waals surface area (Å²) in [6, 6.07) is 17.8. The standard InChI is InChI=1S/C20H19N5O/c1-25(2)14-9-7-13(8-10-14)18-11-19(24-23-18)21-12-16-15-5-3-4-6-17(15)22-20(16)26/h3-12,22,26H,1-2H3,(H,23,24). The molecule has 0 radical (unpaired) electrons. The van der Waals surface area contributed by atoms with Crippen LogP contribution in [0.5, 0.6) is 5.88 Å². The van der Waals surface area contributed by atoms with Crippen LogP contribution in [0.1, 0.15) is 5.56 Å². The molecule has 6 nitrogen and oxygen atoms in total. The van der Waals surface area contributed by atoms with Crippen LogP contribution >= 0.6 is 0 Å². The molecule has 4 rings (SSSR count). The predicted molar refractivity (Wildman–Crippen MR) is 106 cm³/mol. The number of para-hydroxylation sites is 1. The number of H-pyrrole nitrogens is 2. The zero-order chi connectivity index (χ0) is 18.1. The molecule has 6 heteroatoms. The molecular formula is C20H19N5O. The first kappa shape index (κ1) is 16.0. The number of hydrogen-bond donors (Lipinski definition) is 3. The molecule has 0 aliphatic rings. The van der Waals surface area contributed by atoms with Gasteiger partial charge in [0.1, 0.15) is 0 Å². The predicted octanol–water partition coefficient (Wildman–Crippen LogP) is 4.08. The number of aromatic hydroxyl groups is 1. The Labute approximate surface area is 150 Å². The molecule has 2 heterocycles. The Morgan fingerprint density at radius 3 is 2.62 bits per heavy atom. The van der Waals surface area contributed by atoms with Gasteiger partial charge in [-0.1, -0.05) is 30.3 Å². The van der Waals surface area contributed by atoms with Gasteiger partial charge in [0.25, 0.3) is 0 Å². The number of anilines is 1. The molecular weight excluding hydrogens is 326 g/mol. The van der Waals surface area contributed by atoms with Gasteiger partial charge in [-0.05, 0) is 23.8 Å². The van der Waals surface area contributed by atoms with Crippen LogP contribution < -0.4 is 4.90 Å². The number of aliphatic imine (C=N–C) groups is 1. The number of fused-ring (bicyclic) bond motifs is 1. The van der Waals surface area contributed by atoms with Crippen molar-refractivity contribution in [3.05, 3.63) is 60.2 Å². The number of aromatic nitrogens is 3. The van der Waals surface area contributed by atoms with E-state index in [9.17, 15) is 5.11 Å². The molecule has 0 bridgehead atoms. The molecule has 0 atom stereocenters. The van der Waals surface area contributed by atoms with Crippen LogP contribution in [0.2, 0.25) is 0 Å². The number of rotatable bonds is 4. The molecule has 4 aromatic rings. The summed E-state index contributed by atoms with van der Waals surface area (Å²) in [5, 5.41) is 18.2. The number of hydrogen-bond acceptors (Lipinski definition) is 4. The summed E-state index contributed by atoms with van der Waals surface area (Å²) in [5.41, 5.74) is 4.60. The van der Waals surface area contributed by atoms with E-state index >= 15 is 0 Å². The minimum Gasteiger partial charge on any atom is -0.494 e. The van der Waals surface area contributed by atoms with Gasteiger partial charge in [0, 0.05) is 43.0 Å². The summed E-state index contributed by atoms with van der Waals surface area (Å²) in [4.78, 5) is 9.39. The zero-order valence-electron chi connectivity index (χ0n) is 14.6. The highest BCUT2D eigenvalue weighted by Gasteiger charge is 2.08. The van der Waals surface area contributed by atoms with Gasteiger partial charge in [-0.2, -0.15) is 5.10 Å². The van der Waals surface area contributed by atoms with Crippen molar-refractivity contribution in [2.24, 2.45) is 4.99 Å². The largest absolute Gasteiger partial charge is 0.494 e. The second kappa shape index (κ2) is 6.40. The highest BCUT2D eigenvalue weighted by Crippen LogP contribution is 2.27. The third kappa shape index (κ3) is 2.93. The molecule has 2 aromatic carbocycles. The summed E-state index contributed by atoms with van der Waals surface area (Å²) in [5.74, 6) is 0.659. The SMILES string of the molecule is CN(C)c1ccc(-c2cc(N=Cc3c(O)[nH]c4ccccc34)n[nH]2)cc1. The molecule has 0 saturated carbocycles. The average molecular weight is 345 g/mol. The van der Waals surface area contributed by atoms with Gasteiger partial charge in [0.05, 0.1) is 11.3 Å². The third-order valence-electron chi connectivity index (χ3n) is 4.31. The van der Waals surface area contributed by atoms with Crippen molar-refractivity contribution in [1.82, 2.24) is 15.2 Å². The van der Waals surface area contributed by atoms with Crippen LogP contribution in [0.3, 0.4) is 0 Å². The average Bonchev–Trinajstić information content (AvgIpc) is 3.24. The Balaban J connectivity index is 1.60.